The van der Waals surface area contributed by atoms with Gasteiger partial charge in [-0.05, 0) is 30.9 Å². The molecule has 1 aromatic rings. The van der Waals surface area contributed by atoms with E-state index < -0.39 is 10.0 Å². The Bertz CT molecular complexity index is 566. The molecule has 1 atom stereocenters. The largest absolute Gasteiger partial charge is 0.388 e. The number of hydrogen-bond acceptors (Lipinski definition) is 5. The van der Waals surface area contributed by atoms with Gasteiger partial charge in [0.25, 0.3) is 0 Å². The quantitative estimate of drug-likeness (QED) is 0.765. The highest BCUT2D eigenvalue weighted by molar-refractivity contribution is 7.89. The number of rotatable bonds is 5. The van der Waals surface area contributed by atoms with Gasteiger partial charge in [-0.3, -0.25) is 4.98 Å². The third-order valence-corrected chi connectivity index (χ3v) is 4.73. The zero-order valence-electron chi connectivity index (χ0n) is 10.9. The molecule has 2 rings (SSSR count). The Hall–Kier alpha value is -1.09. The zero-order valence-corrected chi connectivity index (χ0v) is 12.5. The molecule has 1 aromatic heterocycles. The lowest BCUT2D eigenvalue weighted by Crippen LogP contribution is -2.33. The number of sulfonamides is 1. The Morgan fingerprint density at radius 3 is 2.90 bits per heavy atom. The molecule has 2 heterocycles. The van der Waals surface area contributed by atoms with Crippen molar-refractivity contribution in [3.8, 4) is 0 Å². The molecule has 20 heavy (non-hydrogen) atoms. The van der Waals surface area contributed by atoms with Crippen LogP contribution in [0, 0.1) is 5.92 Å². The second-order valence-corrected chi connectivity index (χ2v) is 6.89. The maximum absolute atomic E-state index is 12.1. The first kappa shape index (κ1) is 15.3. The Labute approximate surface area is 123 Å². The molecule has 0 bridgehead atoms. The Balaban J connectivity index is 2.00. The van der Waals surface area contributed by atoms with Crippen LogP contribution in [0.1, 0.15) is 18.5 Å². The van der Waals surface area contributed by atoms with E-state index >= 15 is 0 Å². The summed E-state index contributed by atoms with van der Waals surface area (Å²) in [6.07, 6.45) is 3.20. The van der Waals surface area contributed by atoms with Gasteiger partial charge in [0.2, 0.25) is 10.0 Å². The first-order chi connectivity index (χ1) is 9.49. The maximum Gasteiger partial charge on any atom is 0.242 e. The molecular weight excluding hydrogens is 298 g/mol. The molecule has 0 amide bonds. The summed E-state index contributed by atoms with van der Waals surface area (Å²) in [6, 6.07) is 2.95. The predicted molar refractivity (Wildman–Crippen MR) is 78.9 cm³/mol. The summed E-state index contributed by atoms with van der Waals surface area (Å²) in [7, 11) is -3.55. The van der Waals surface area contributed by atoms with E-state index in [2.05, 4.69) is 9.71 Å². The van der Waals surface area contributed by atoms with Gasteiger partial charge in [0.15, 0.2) is 0 Å². The summed E-state index contributed by atoms with van der Waals surface area (Å²) in [6.45, 7) is 1.73. The number of nitrogens with two attached hydrogens (primary N) is 1. The monoisotopic (exact) mass is 315 g/mol. The van der Waals surface area contributed by atoms with Gasteiger partial charge in [0.05, 0.1) is 12.3 Å². The molecule has 0 saturated carbocycles. The molecule has 1 aliphatic heterocycles. The molecule has 3 N–H and O–H groups in total. The lowest BCUT2D eigenvalue weighted by molar-refractivity contribution is 0.0568. The van der Waals surface area contributed by atoms with E-state index in [0.29, 0.717) is 18.8 Å². The fraction of sp³-hybridized carbons (Fsp3) is 0.500. The van der Waals surface area contributed by atoms with Crippen molar-refractivity contribution < 1.29 is 13.2 Å². The van der Waals surface area contributed by atoms with Crippen LogP contribution >= 0.6 is 12.2 Å². The normalized spacial score (nSPS) is 19.7. The number of nitrogens with zero attached hydrogens (tertiary/aromatic N) is 1. The SMILES string of the molecule is NC(=S)c1ccc(S(=O)(=O)NCC2CCCOC2)cn1. The lowest BCUT2D eigenvalue weighted by atomic mass is 10.0. The van der Waals surface area contributed by atoms with Gasteiger partial charge in [-0.2, -0.15) is 0 Å². The van der Waals surface area contributed by atoms with Crippen LogP contribution < -0.4 is 10.5 Å². The van der Waals surface area contributed by atoms with E-state index in [-0.39, 0.29) is 15.8 Å². The third kappa shape index (κ3) is 3.95. The average molecular weight is 315 g/mol. The van der Waals surface area contributed by atoms with Crippen molar-refractivity contribution in [3.05, 3.63) is 24.0 Å². The second-order valence-electron chi connectivity index (χ2n) is 4.68. The highest BCUT2D eigenvalue weighted by Crippen LogP contribution is 2.14. The van der Waals surface area contributed by atoms with E-state index in [1.807, 2.05) is 0 Å². The summed E-state index contributed by atoms with van der Waals surface area (Å²) in [5.74, 6) is 0.224. The van der Waals surface area contributed by atoms with E-state index in [0.717, 1.165) is 19.4 Å². The van der Waals surface area contributed by atoms with Crippen LogP contribution in [-0.2, 0) is 14.8 Å². The Kier molecular flexibility index (Phi) is 5.03. The molecule has 0 radical (unpaired) electrons. The van der Waals surface area contributed by atoms with Gasteiger partial charge in [-0.15, -0.1) is 0 Å². The number of thiocarbonyl (C=S) groups is 1. The van der Waals surface area contributed by atoms with E-state index in [9.17, 15) is 8.42 Å². The first-order valence-corrected chi connectivity index (χ1v) is 8.21. The third-order valence-electron chi connectivity index (χ3n) is 3.12. The van der Waals surface area contributed by atoms with Crippen LogP contribution in [0.3, 0.4) is 0 Å². The minimum Gasteiger partial charge on any atom is -0.388 e. The number of nitrogens with one attached hydrogen (secondary N) is 1. The van der Waals surface area contributed by atoms with E-state index in [4.69, 9.17) is 22.7 Å². The van der Waals surface area contributed by atoms with Gasteiger partial charge < -0.3 is 10.5 Å². The minimum atomic E-state index is -3.55. The van der Waals surface area contributed by atoms with Crippen molar-refractivity contribution in [1.82, 2.24) is 9.71 Å². The molecule has 0 aliphatic carbocycles. The van der Waals surface area contributed by atoms with Crippen molar-refractivity contribution in [3.63, 3.8) is 0 Å². The summed E-state index contributed by atoms with van der Waals surface area (Å²) in [5, 5.41) is 0. The van der Waals surface area contributed by atoms with Gasteiger partial charge in [0.1, 0.15) is 9.88 Å². The van der Waals surface area contributed by atoms with Crippen molar-refractivity contribution in [2.45, 2.75) is 17.7 Å². The van der Waals surface area contributed by atoms with Gasteiger partial charge >= 0.3 is 0 Å². The minimum absolute atomic E-state index is 0.106. The van der Waals surface area contributed by atoms with E-state index in [1.165, 1.54) is 18.3 Å². The van der Waals surface area contributed by atoms with Crippen molar-refractivity contribution in [2.75, 3.05) is 19.8 Å². The van der Waals surface area contributed by atoms with Crippen molar-refractivity contribution in [2.24, 2.45) is 11.7 Å². The van der Waals surface area contributed by atoms with Crippen LogP contribution in [0.5, 0.6) is 0 Å². The molecule has 1 aliphatic rings. The van der Waals surface area contributed by atoms with Crippen LogP contribution in [0.4, 0.5) is 0 Å². The second kappa shape index (κ2) is 6.57. The molecule has 6 nitrogen and oxygen atoms in total. The molecule has 1 saturated heterocycles. The van der Waals surface area contributed by atoms with Crippen molar-refractivity contribution in [1.29, 1.82) is 0 Å². The summed E-state index contributed by atoms with van der Waals surface area (Å²) in [4.78, 5) is 4.18. The fourth-order valence-electron chi connectivity index (χ4n) is 1.96. The molecule has 110 valence electrons. The molecule has 8 heteroatoms. The molecule has 0 aromatic carbocycles. The zero-order chi connectivity index (χ0) is 14.6. The summed E-state index contributed by atoms with van der Waals surface area (Å²) < 4.78 is 32.1. The highest BCUT2D eigenvalue weighted by atomic mass is 32.2. The van der Waals surface area contributed by atoms with Gasteiger partial charge in [0, 0.05) is 19.3 Å². The van der Waals surface area contributed by atoms with Gasteiger partial charge in [-0.1, -0.05) is 12.2 Å². The summed E-state index contributed by atoms with van der Waals surface area (Å²) in [5.41, 5.74) is 5.82. The van der Waals surface area contributed by atoms with Crippen LogP contribution in [0.15, 0.2) is 23.2 Å². The smallest absolute Gasteiger partial charge is 0.242 e. The molecular formula is C12H17N3O3S2. The molecule has 1 unspecified atom stereocenters. The first-order valence-electron chi connectivity index (χ1n) is 6.32. The van der Waals surface area contributed by atoms with Crippen LogP contribution in [-0.4, -0.2) is 38.1 Å². The highest BCUT2D eigenvalue weighted by Gasteiger charge is 2.19. The number of aromatic nitrogens is 1. The number of pyridine rings is 1. The van der Waals surface area contributed by atoms with Crippen molar-refractivity contribution >= 4 is 27.2 Å². The fourth-order valence-corrected chi connectivity index (χ4v) is 3.15. The van der Waals surface area contributed by atoms with Gasteiger partial charge in [-0.25, -0.2) is 13.1 Å². The molecule has 0 spiro atoms. The maximum atomic E-state index is 12.1. The number of ether oxygens (including phenoxy) is 1. The van der Waals surface area contributed by atoms with E-state index in [1.54, 1.807) is 0 Å². The standard InChI is InChI=1S/C12H17N3O3S2/c13-12(19)11-4-3-10(7-14-11)20(16,17)15-6-9-2-1-5-18-8-9/h3-4,7,9,15H,1-2,5-6,8H2,(H2,13,19). The Morgan fingerprint density at radius 1 is 1.55 bits per heavy atom. The Morgan fingerprint density at radius 2 is 2.35 bits per heavy atom. The average Bonchev–Trinajstić information content (AvgIpc) is 2.46. The van der Waals surface area contributed by atoms with Crippen LogP contribution in [0.2, 0.25) is 0 Å². The lowest BCUT2D eigenvalue weighted by Gasteiger charge is -2.22. The topological polar surface area (TPSA) is 94.3 Å². The number of hydrogen-bond donors (Lipinski definition) is 2. The predicted octanol–water partition coefficient (Wildman–Crippen LogP) is 0.421. The molecule has 1 fully saturated rings. The summed E-state index contributed by atoms with van der Waals surface area (Å²) >= 11 is 4.77. The van der Waals surface area contributed by atoms with Crippen LogP contribution in [0.25, 0.3) is 0 Å².